The molecule has 5 aromatic rings. The fraction of sp³-hybridized carbons (Fsp3) is 0.381. The number of hydrogen-bond acceptors (Lipinski definition) is 8. The van der Waals surface area contributed by atoms with Gasteiger partial charge in [-0.05, 0) is 111 Å². The molecule has 266 valence electrons. The van der Waals surface area contributed by atoms with E-state index in [9.17, 15) is 0 Å². The predicted octanol–water partition coefficient (Wildman–Crippen LogP) is 10.4. The van der Waals surface area contributed by atoms with Gasteiger partial charge in [-0.25, -0.2) is 0 Å². The lowest BCUT2D eigenvalue weighted by molar-refractivity contribution is 0.0542. The molecule has 6 nitrogen and oxygen atoms in total. The van der Waals surface area contributed by atoms with Crippen molar-refractivity contribution < 1.29 is 28.4 Å². The summed E-state index contributed by atoms with van der Waals surface area (Å²) in [6.45, 7) is 17.2. The second-order valence-electron chi connectivity index (χ2n) is 12.4. The summed E-state index contributed by atoms with van der Waals surface area (Å²) in [7, 11) is 3.34. The van der Waals surface area contributed by atoms with Crippen LogP contribution in [-0.2, 0) is 18.9 Å². The molecule has 0 N–H and O–H groups in total. The minimum Gasteiger partial charge on any atom is -0.491 e. The Labute approximate surface area is 305 Å². The lowest BCUT2D eigenvalue weighted by Gasteiger charge is -2.18. The molecule has 0 amide bonds. The van der Waals surface area contributed by atoms with Crippen molar-refractivity contribution in [1.29, 1.82) is 0 Å². The molecule has 2 heterocycles. The molecule has 0 saturated carbocycles. The van der Waals surface area contributed by atoms with E-state index in [1.54, 1.807) is 14.2 Å². The molecule has 0 bridgehead atoms. The zero-order valence-corrected chi connectivity index (χ0v) is 32.3. The summed E-state index contributed by atoms with van der Waals surface area (Å²) < 4.78 is 34.2. The van der Waals surface area contributed by atoms with Gasteiger partial charge in [-0.2, -0.15) is 0 Å². The Kier molecular flexibility index (Phi) is 13.7. The summed E-state index contributed by atoms with van der Waals surface area (Å²) >= 11 is 3.73. The third-order valence-corrected chi connectivity index (χ3v) is 11.9. The zero-order valence-electron chi connectivity index (χ0n) is 30.7. The number of thiophene rings is 2. The van der Waals surface area contributed by atoms with Crippen molar-refractivity contribution in [2.45, 2.75) is 41.5 Å². The van der Waals surface area contributed by atoms with E-state index in [1.165, 1.54) is 52.9 Å². The first-order valence-electron chi connectivity index (χ1n) is 17.1. The average molecular weight is 715 g/mol. The number of ether oxygens (including phenoxy) is 6. The lowest BCUT2D eigenvalue weighted by atomic mass is 9.97. The Bertz CT molecular complexity index is 1850. The monoisotopic (exact) mass is 714 g/mol. The van der Waals surface area contributed by atoms with Gasteiger partial charge >= 0.3 is 0 Å². The zero-order chi connectivity index (χ0) is 35.6. The van der Waals surface area contributed by atoms with E-state index in [-0.39, 0.29) is 0 Å². The number of rotatable bonds is 18. The number of benzene rings is 3. The van der Waals surface area contributed by atoms with Crippen LogP contribution in [0.4, 0.5) is 0 Å². The molecule has 0 unspecified atom stereocenters. The fourth-order valence-corrected chi connectivity index (χ4v) is 8.32. The second-order valence-corrected chi connectivity index (χ2v) is 14.7. The van der Waals surface area contributed by atoms with Crippen LogP contribution in [0.1, 0.15) is 32.7 Å². The summed E-state index contributed by atoms with van der Waals surface area (Å²) in [5.74, 6) is 1.57. The third-order valence-electron chi connectivity index (χ3n) is 9.04. The van der Waals surface area contributed by atoms with E-state index in [1.807, 2.05) is 28.7 Å². The van der Waals surface area contributed by atoms with Gasteiger partial charge in [0.25, 0.3) is 0 Å². The van der Waals surface area contributed by atoms with Crippen molar-refractivity contribution in [3.8, 4) is 53.9 Å². The first kappa shape index (κ1) is 37.7. The Balaban J connectivity index is 1.47. The Morgan fingerprint density at radius 2 is 0.880 bits per heavy atom. The fourth-order valence-electron chi connectivity index (χ4n) is 5.83. The quantitative estimate of drug-likeness (QED) is 0.0843. The molecule has 0 aliphatic carbocycles. The van der Waals surface area contributed by atoms with Gasteiger partial charge < -0.3 is 28.4 Å². The van der Waals surface area contributed by atoms with Gasteiger partial charge in [0.05, 0.1) is 39.6 Å². The molecule has 0 spiro atoms. The number of methoxy groups -OCH3 is 2. The van der Waals surface area contributed by atoms with Crippen molar-refractivity contribution in [2.75, 3.05) is 67.1 Å². The highest BCUT2D eigenvalue weighted by molar-refractivity contribution is 7.19. The maximum Gasteiger partial charge on any atom is 0.127 e. The molecule has 0 radical (unpaired) electrons. The molecular formula is C42H50O6S2. The molecule has 8 heteroatoms. The second kappa shape index (κ2) is 18.1. The molecule has 2 aromatic heterocycles. The SMILES string of the molecule is COCCOCCOc1ccc(C)cc1-c1cc(-c2sc(-c3ccc(-c4sc(C)c(C)c4C)cc3)c(C)c2C)ccc1OCCOCCOC. The van der Waals surface area contributed by atoms with Crippen LogP contribution in [0.2, 0.25) is 0 Å². The van der Waals surface area contributed by atoms with Crippen molar-refractivity contribution >= 4 is 22.7 Å². The first-order valence-corrected chi connectivity index (χ1v) is 18.8. The highest BCUT2D eigenvalue weighted by Gasteiger charge is 2.19. The summed E-state index contributed by atoms with van der Waals surface area (Å²) in [6, 6.07) is 21.8. The summed E-state index contributed by atoms with van der Waals surface area (Å²) in [4.78, 5) is 5.29. The van der Waals surface area contributed by atoms with E-state index in [0.29, 0.717) is 52.9 Å². The summed E-state index contributed by atoms with van der Waals surface area (Å²) in [5.41, 5.74) is 12.1. The highest BCUT2D eigenvalue weighted by atomic mass is 32.1. The van der Waals surface area contributed by atoms with Crippen LogP contribution < -0.4 is 9.47 Å². The largest absolute Gasteiger partial charge is 0.491 e. The first-order chi connectivity index (χ1) is 24.2. The normalized spacial score (nSPS) is 11.4. The topological polar surface area (TPSA) is 55.4 Å². The van der Waals surface area contributed by atoms with Gasteiger partial charge in [0.2, 0.25) is 0 Å². The summed E-state index contributed by atoms with van der Waals surface area (Å²) in [6.07, 6.45) is 0. The Morgan fingerprint density at radius 3 is 1.40 bits per heavy atom. The van der Waals surface area contributed by atoms with Crippen LogP contribution in [0.25, 0.3) is 42.4 Å². The van der Waals surface area contributed by atoms with E-state index < -0.39 is 0 Å². The van der Waals surface area contributed by atoms with Gasteiger partial charge in [-0.3, -0.25) is 0 Å². The van der Waals surface area contributed by atoms with Gasteiger partial charge in [-0.15, -0.1) is 22.7 Å². The molecule has 0 saturated heterocycles. The van der Waals surface area contributed by atoms with Crippen LogP contribution >= 0.6 is 22.7 Å². The smallest absolute Gasteiger partial charge is 0.127 e. The van der Waals surface area contributed by atoms with Crippen molar-refractivity contribution in [1.82, 2.24) is 0 Å². The molecule has 50 heavy (non-hydrogen) atoms. The van der Waals surface area contributed by atoms with Gasteiger partial charge in [0.1, 0.15) is 24.7 Å². The lowest BCUT2D eigenvalue weighted by Crippen LogP contribution is -2.11. The molecular weight excluding hydrogens is 665 g/mol. The van der Waals surface area contributed by atoms with Crippen LogP contribution in [0.3, 0.4) is 0 Å². The highest BCUT2D eigenvalue weighted by Crippen LogP contribution is 2.46. The van der Waals surface area contributed by atoms with Gasteiger partial charge in [0.15, 0.2) is 0 Å². The predicted molar refractivity (Wildman–Crippen MR) is 209 cm³/mol. The molecule has 0 aliphatic rings. The molecule has 5 rings (SSSR count). The Hall–Kier alpha value is -3.50. The van der Waals surface area contributed by atoms with E-state index in [0.717, 1.165) is 33.8 Å². The van der Waals surface area contributed by atoms with E-state index >= 15 is 0 Å². The van der Waals surface area contributed by atoms with Crippen molar-refractivity contribution in [3.05, 3.63) is 93.4 Å². The van der Waals surface area contributed by atoms with E-state index in [2.05, 4.69) is 96.1 Å². The minimum absolute atomic E-state index is 0.423. The van der Waals surface area contributed by atoms with E-state index in [4.69, 9.17) is 28.4 Å². The average Bonchev–Trinajstić information content (AvgIpc) is 3.57. The van der Waals surface area contributed by atoms with Crippen molar-refractivity contribution in [2.24, 2.45) is 0 Å². The molecule has 0 fully saturated rings. The van der Waals surface area contributed by atoms with Crippen LogP contribution in [0.15, 0.2) is 60.7 Å². The number of hydrogen-bond donors (Lipinski definition) is 0. The number of aryl methyl sites for hydroxylation is 2. The van der Waals surface area contributed by atoms with Gasteiger partial charge in [-0.1, -0.05) is 35.9 Å². The maximum absolute atomic E-state index is 6.37. The maximum atomic E-state index is 6.37. The van der Waals surface area contributed by atoms with Crippen molar-refractivity contribution in [3.63, 3.8) is 0 Å². The van der Waals surface area contributed by atoms with Crippen LogP contribution in [0, 0.1) is 41.5 Å². The third kappa shape index (κ3) is 9.04. The molecule has 0 atom stereocenters. The molecule has 3 aromatic carbocycles. The van der Waals surface area contributed by atoms with Crippen LogP contribution in [-0.4, -0.2) is 67.1 Å². The van der Waals surface area contributed by atoms with Gasteiger partial charge in [0, 0.05) is 44.9 Å². The molecule has 0 aliphatic heterocycles. The minimum atomic E-state index is 0.423. The standard InChI is InChI=1S/C42H50O6S2/c1-27-9-15-38(47-23-21-45-19-17-43-7)36(25-27)37-26-35(14-16-39(37)48-24-22-46-20-18-44-8)42-31(5)30(4)41(50-42)34-12-10-33(11-13-34)40-29(3)28(2)32(6)49-40/h9-16,25-26H,17-24H2,1-8H3. The Morgan fingerprint density at radius 1 is 0.440 bits per heavy atom. The van der Waals surface area contributed by atoms with Crippen LogP contribution in [0.5, 0.6) is 11.5 Å². The summed E-state index contributed by atoms with van der Waals surface area (Å²) in [5, 5.41) is 0.